The van der Waals surface area contributed by atoms with E-state index in [0.717, 1.165) is 28.7 Å². The summed E-state index contributed by atoms with van der Waals surface area (Å²) in [5, 5.41) is 3.77. The molecule has 206 valence electrons. The van der Waals surface area contributed by atoms with E-state index in [2.05, 4.69) is 29.6 Å². The van der Waals surface area contributed by atoms with Crippen molar-refractivity contribution in [2.45, 2.75) is 57.7 Å². The monoisotopic (exact) mass is 552 g/mol. The van der Waals surface area contributed by atoms with Crippen molar-refractivity contribution in [1.29, 1.82) is 0 Å². The molecule has 0 unspecified atom stereocenters. The quantitative estimate of drug-likeness (QED) is 0.199. The standard InChI is InChI=1S/C35H37ClN2O2/c1-3-26(2)37-35(40)33(23-27-13-7-4-8-14-27)38(25-28-19-21-31(36)22-20-28)34(39)24-32(29-15-9-5-10-16-29)30-17-11-6-12-18-30/h4-22,26,32-33H,3,23-25H2,1-2H3,(H,37,40)/t26-,33-/m1/s1. The highest BCUT2D eigenvalue weighted by Gasteiger charge is 2.32. The van der Waals surface area contributed by atoms with Gasteiger partial charge in [-0.15, -0.1) is 0 Å². The molecule has 0 bridgehead atoms. The zero-order valence-corrected chi connectivity index (χ0v) is 23.9. The third kappa shape index (κ3) is 8.06. The van der Waals surface area contributed by atoms with Gasteiger partial charge >= 0.3 is 0 Å². The van der Waals surface area contributed by atoms with E-state index in [1.54, 1.807) is 4.90 Å². The molecule has 1 N–H and O–H groups in total. The van der Waals surface area contributed by atoms with Gasteiger partial charge in [-0.3, -0.25) is 9.59 Å². The van der Waals surface area contributed by atoms with Crippen LogP contribution < -0.4 is 5.32 Å². The molecule has 0 aromatic heterocycles. The van der Waals surface area contributed by atoms with E-state index in [1.165, 1.54) is 0 Å². The Morgan fingerprint density at radius 2 is 1.27 bits per heavy atom. The van der Waals surface area contributed by atoms with E-state index in [-0.39, 0.29) is 30.2 Å². The SMILES string of the molecule is CC[C@@H](C)NC(=O)[C@@H](Cc1ccccc1)N(Cc1ccc(Cl)cc1)C(=O)CC(c1ccccc1)c1ccccc1. The van der Waals surface area contributed by atoms with Gasteiger partial charge in [-0.25, -0.2) is 0 Å². The maximum Gasteiger partial charge on any atom is 0.243 e. The summed E-state index contributed by atoms with van der Waals surface area (Å²) in [6.07, 6.45) is 1.46. The lowest BCUT2D eigenvalue weighted by Crippen LogP contribution is -2.52. The van der Waals surface area contributed by atoms with Crippen LogP contribution in [0.15, 0.2) is 115 Å². The summed E-state index contributed by atoms with van der Waals surface area (Å²) in [4.78, 5) is 29.9. The second kappa shape index (κ2) is 14.5. The van der Waals surface area contributed by atoms with Crippen molar-refractivity contribution >= 4 is 23.4 Å². The zero-order valence-electron chi connectivity index (χ0n) is 23.2. The van der Waals surface area contributed by atoms with Gasteiger partial charge in [0.1, 0.15) is 6.04 Å². The molecule has 0 aliphatic heterocycles. The normalized spacial score (nSPS) is 12.5. The molecule has 2 amide bonds. The average molecular weight is 553 g/mol. The molecule has 0 aliphatic carbocycles. The van der Waals surface area contributed by atoms with Crippen LogP contribution in [0.4, 0.5) is 0 Å². The summed E-state index contributed by atoms with van der Waals surface area (Å²) in [6.45, 7) is 4.33. The molecule has 0 radical (unpaired) electrons. The van der Waals surface area contributed by atoms with Crippen LogP contribution in [0.2, 0.25) is 5.02 Å². The van der Waals surface area contributed by atoms with Crippen molar-refractivity contribution in [2.75, 3.05) is 0 Å². The van der Waals surface area contributed by atoms with Crippen LogP contribution in [-0.2, 0) is 22.6 Å². The van der Waals surface area contributed by atoms with Crippen LogP contribution in [0.1, 0.15) is 54.9 Å². The van der Waals surface area contributed by atoms with Gasteiger partial charge in [0.05, 0.1) is 0 Å². The van der Waals surface area contributed by atoms with Crippen LogP contribution in [0, 0.1) is 0 Å². The van der Waals surface area contributed by atoms with Crippen molar-refractivity contribution in [3.8, 4) is 0 Å². The first-order valence-electron chi connectivity index (χ1n) is 13.9. The molecular weight excluding hydrogens is 516 g/mol. The summed E-state index contributed by atoms with van der Waals surface area (Å²) in [5.74, 6) is -0.359. The Bertz CT molecular complexity index is 1310. The number of hydrogen-bond acceptors (Lipinski definition) is 2. The molecule has 4 rings (SSSR count). The minimum Gasteiger partial charge on any atom is -0.352 e. The van der Waals surface area contributed by atoms with Gasteiger partial charge in [0.15, 0.2) is 0 Å². The molecule has 0 heterocycles. The third-order valence-electron chi connectivity index (χ3n) is 7.32. The molecule has 0 saturated heterocycles. The Morgan fingerprint density at radius 3 is 1.80 bits per heavy atom. The summed E-state index contributed by atoms with van der Waals surface area (Å²) in [5.41, 5.74) is 4.06. The van der Waals surface area contributed by atoms with Gasteiger partial charge in [0.25, 0.3) is 0 Å². The van der Waals surface area contributed by atoms with Crippen molar-refractivity contribution in [3.63, 3.8) is 0 Å². The van der Waals surface area contributed by atoms with Gasteiger partial charge in [-0.2, -0.15) is 0 Å². The van der Waals surface area contributed by atoms with E-state index >= 15 is 0 Å². The maximum atomic E-state index is 14.4. The topological polar surface area (TPSA) is 49.4 Å². The fraction of sp³-hybridized carbons (Fsp3) is 0.257. The third-order valence-corrected chi connectivity index (χ3v) is 7.57. The van der Waals surface area contributed by atoms with Crippen LogP contribution in [0.25, 0.3) is 0 Å². The zero-order chi connectivity index (χ0) is 28.3. The van der Waals surface area contributed by atoms with E-state index in [0.29, 0.717) is 18.0 Å². The Hall–Kier alpha value is -3.89. The van der Waals surface area contributed by atoms with Crippen molar-refractivity contribution < 1.29 is 9.59 Å². The Balaban J connectivity index is 1.73. The first-order valence-corrected chi connectivity index (χ1v) is 14.3. The Kier molecular flexibility index (Phi) is 10.5. The van der Waals surface area contributed by atoms with Gasteiger partial charge in [0.2, 0.25) is 11.8 Å². The summed E-state index contributed by atoms with van der Waals surface area (Å²) in [7, 11) is 0. The first-order chi connectivity index (χ1) is 19.4. The number of rotatable bonds is 12. The van der Waals surface area contributed by atoms with Crippen molar-refractivity contribution in [2.24, 2.45) is 0 Å². The number of benzene rings is 4. The minimum absolute atomic E-state index is 0.000330. The minimum atomic E-state index is -0.674. The molecule has 0 saturated carbocycles. The molecule has 40 heavy (non-hydrogen) atoms. The number of carbonyl (C=O) groups is 2. The highest BCUT2D eigenvalue weighted by Crippen LogP contribution is 2.30. The molecule has 4 aromatic carbocycles. The van der Waals surface area contributed by atoms with E-state index < -0.39 is 6.04 Å². The summed E-state index contributed by atoms with van der Waals surface area (Å²) < 4.78 is 0. The Morgan fingerprint density at radius 1 is 0.750 bits per heavy atom. The lowest BCUT2D eigenvalue weighted by atomic mass is 9.87. The fourth-order valence-corrected chi connectivity index (χ4v) is 5.00. The fourth-order valence-electron chi connectivity index (χ4n) is 4.87. The predicted molar refractivity (Wildman–Crippen MR) is 163 cm³/mol. The first kappa shape index (κ1) is 29.1. The van der Waals surface area contributed by atoms with Crippen LogP contribution in [0.5, 0.6) is 0 Å². The predicted octanol–water partition coefficient (Wildman–Crippen LogP) is 7.42. The molecular formula is C35H37ClN2O2. The number of nitrogens with zero attached hydrogens (tertiary/aromatic N) is 1. The lowest BCUT2D eigenvalue weighted by molar-refractivity contribution is -0.141. The van der Waals surface area contributed by atoms with Gasteiger partial charge in [-0.1, -0.05) is 122 Å². The highest BCUT2D eigenvalue weighted by molar-refractivity contribution is 6.30. The maximum absolute atomic E-state index is 14.4. The number of nitrogens with one attached hydrogen (secondary N) is 1. The van der Waals surface area contributed by atoms with Crippen molar-refractivity contribution in [3.05, 3.63) is 143 Å². The molecule has 0 aliphatic rings. The molecule has 2 atom stereocenters. The second-order valence-electron chi connectivity index (χ2n) is 10.2. The van der Waals surface area contributed by atoms with Crippen LogP contribution in [-0.4, -0.2) is 28.8 Å². The van der Waals surface area contributed by atoms with E-state index in [4.69, 9.17) is 11.6 Å². The van der Waals surface area contributed by atoms with Gasteiger partial charge in [-0.05, 0) is 47.7 Å². The van der Waals surface area contributed by atoms with Gasteiger partial charge < -0.3 is 10.2 Å². The van der Waals surface area contributed by atoms with Crippen LogP contribution >= 0.6 is 11.6 Å². The lowest BCUT2D eigenvalue weighted by Gasteiger charge is -2.33. The number of carbonyl (C=O) groups excluding carboxylic acids is 2. The summed E-state index contributed by atoms with van der Waals surface area (Å²) in [6, 6.07) is 36.9. The largest absolute Gasteiger partial charge is 0.352 e. The molecule has 4 nitrogen and oxygen atoms in total. The second-order valence-corrected chi connectivity index (χ2v) is 10.7. The molecule has 4 aromatic rings. The number of hydrogen-bond donors (Lipinski definition) is 1. The summed E-state index contributed by atoms with van der Waals surface area (Å²) >= 11 is 6.16. The van der Waals surface area contributed by atoms with E-state index in [9.17, 15) is 9.59 Å². The highest BCUT2D eigenvalue weighted by atomic mass is 35.5. The van der Waals surface area contributed by atoms with Crippen LogP contribution in [0.3, 0.4) is 0 Å². The molecule has 0 spiro atoms. The average Bonchev–Trinajstić information content (AvgIpc) is 2.99. The molecule has 5 heteroatoms. The van der Waals surface area contributed by atoms with Gasteiger partial charge in [0, 0.05) is 36.4 Å². The molecule has 0 fully saturated rings. The van der Waals surface area contributed by atoms with E-state index in [1.807, 2.05) is 105 Å². The number of amides is 2. The smallest absolute Gasteiger partial charge is 0.243 e. The Labute approximate surface area is 243 Å². The number of halogens is 1. The van der Waals surface area contributed by atoms with Crippen molar-refractivity contribution in [1.82, 2.24) is 10.2 Å².